The standard InChI is InChI=1S/C10H14N2O/c1-12-7-6-9(11-12)8-4-2-3-5-10(8)13/h6-8H,2-5H2,1H3. The van der Waals surface area contributed by atoms with Crippen LogP contribution in [-0.2, 0) is 11.8 Å². The maximum atomic E-state index is 11.6. The highest BCUT2D eigenvalue weighted by atomic mass is 16.1. The number of rotatable bonds is 1. The summed E-state index contributed by atoms with van der Waals surface area (Å²) in [6.45, 7) is 0. The largest absolute Gasteiger partial charge is 0.299 e. The SMILES string of the molecule is Cn1ccc(C2CCCCC2=O)n1. The van der Waals surface area contributed by atoms with Crippen molar-refractivity contribution in [2.24, 2.45) is 7.05 Å². The van der Waals surface area contributed by atoms with Gasteiger partial charge in [0.1, 0.15) is 5.78 Å². The van der Waals surface area contributed by atoms with Gasteiger partial charge in [-0.1, -0.05) is 6.42 Å². The first-order valence-electron chi connectivity index (χ1n) is 4.79. The summed E-state index contributed by atoms with van der Waals surface area (Å²) in [6, 6.07) is 1.95. The van der Waals surface area contributed by atoms with Crippen molar-refractivity contribution in [1.29, 1.82) is 0 Å². The third kappa shape index (κ3) is 1.64. The zero-order chi connectivity index (χ0) is 9.26. The molecule has 0 amide bonds. The highest BCUT2D eigenvalue weighted by molar-refractivity contribution is 5.85. The van der Waals surface area contributed by atoms with Crippen LogP contribution in [-0.4, -0.2) is 15.6 Å². The van der Waals surface area contributed by atoms with Crippen LogP contribution in [0.15, 0.2) is 12.3 Å². The first-order chi connectivity index (χ1) is 6.27. The van der Waals surface area contributed by atoms with E-state index in [4.69, 9.17) is 0 Å². The Bertz CT molecular complexity index is 316. The van der Waals surface area contributed by atoms with Crippen molar-refractivity contribution in [2.75, 3.05) is 0 Å². The summed E-state index contributed by atoms with van der Waals surface area (Å²) in [4.78, 5) is 11.6. The molecule has 0 spiro atoms. The second-order valence-electron chi connectivity index (χ2n) is 3.68. The number of Topliss-reactive ketones (excluding diaryl/α,β-unsaturated/α-hetero) is 1. The molecule has 2 rings (SSSR count). The average molecular weight is 178 g/mol. The molecule has 1 fully saturated rings. The van der Waals surface area contributed by atoms with Gasteiger partial charge in [0, 0.05) is 19.7 Å². The van der Waals surface area contributed by atoms with E-state index in [2.05, 4.69) is 5.10 Å². The summed E-state index contributed by atoms with van der Waals surface area (Å²) < 4.78 is 1.76. The first kappa shape index (κ1) is 8.48. The number of carbonyl (C=O) groups excluding carboxylic acids is 1. The molecule has 0 aliphatic heterocycles. The van der Waals surface area contributed by atoms with Crippen molar-refractivity contribution >= 4 is 5.78 Å². The Kier molecular flexibility index (Phi) is 2.17. The number of ketones is 1. The number of aromatic nitrogens is 2. The van der Waals surface area contributed by atoms with Crippen LogP contribution in [0.25, 0.3) is 0 Å². The van der Waals surface area contributed by atoms with Gasteiger partial charge in [-0.05, 0) is 18.9 Å². The number of hydrogen-bond donors (Lipinski definition) is 0. The lowest BCUT2D eigenvalue weighted by Crippen LogP contribution is -2.17. The number of carbonyl (C=O) groups is 1. The van der Waals surface area contributed by atoms with Crippen LogP contribution in [0.2, 0.25) is 0 Å². The van der Waals surface area contributed by atoms with Crippen LogP contribution in [0.3, 0.4) is 0 Å². The molecule has 1 aliphatic rings. The second-order valence-corrected chi connectivity index (χ2v) is 3.68. The Morgan fingerprint density at radius 1 is 1.54 bits per heavy atom. The van der Waals surface area contributed by atoms with Crippen LogP contribution >= 0.6 is 0 Å². The molecular weight excluding hydrogens is 164 g/mol. The van der Waals surface area contributed by atoms with E-state index in [9.17, 15) is 4.79 Å². The van der Waals surface area contributed by atoms with Crippen molar-refractivity contribution in [3.8, 4) is 0 Å². The Morgan fingerprint density at radius 2 is 2.38 bits per heavy atom. The lowest BCUT2D eigenvalue weighted by atomic mass is 9.86. The van der Waals surface area contributed by atoms with Gasteiger partial charge in [-0.15, -0.1) is 0 Å². The molecule has 1 aliphatic carbocycles. The molecule has 3 heteroatoms. The third-order valence-corrected chi connectivity index (χ3v) is 2.65. The van der Waals surface area contributed by atoms with E-state index < -0.39 is 0 Å². The van der Waals surface area contributed by atoms with E-state index in [1.54, 1.807) is 4.68 Å². The molecule has 70 valence electrons. The molecule has 1 aromatic heterocycles. The Morgan fingerprint density at radius 3 is 3.00 bits per heavy atom. The van der Waals surface area contributed by atoms with Crippen molar-refractivity contribution in [2.45, 2.75) is 31.6 Å². The maximum absolute atomic E-state index is 11.6. The van der Waals surface area contributed by atoms with Crippen LogP contribution in [0.4, 0.5) is 0 Å². The van der Waals surface area contributed by atoms with Gasteiger partial charge in [0.15, 0.2) is 0 Å². The summed E-state index contributed by atoms with van der Waals surface area (Å²) in [5, 5.41) is 4.28. The second kappa shape index (κ2) is 3.32. The van der Waals surface area contributed by atoms with Crippen LogP contribution < -0.4 is 0 Å². The van der Waals surface area contributed by atoms with Crippen LogP contribution in [0.5, 0.6) is 0 Å². The van der Waals surface area contributed by atoms with E-state index in [0.29, 0.717) is 5.78 Å². The molecule has 1 unspecified atom stereocenters. The molecule has 1 atom stereocenters. The fourth-order valence-electron chi connectivity index (χ4n) is 1.91. The van der Waals surface area contributed by atoms with Crippen molar-refractivity contribution < 1.29 is 4.79 Å². The molecular formula is C10H14N2O. The quantitative estimate of drug-likeness (QED) is 0.655. The van der Waals surface area contributed by atoms with Crippen molar-refractivity contribution in [3.63, 3.8) is 0 Å². The minimum atomic E-state index is 0.0787. The first-order valence-corrected chi connectivity index (χ1v) is 4.79. The van der Waals surface area contributed by atoms with Gasteiger partial charge in [-0.25, -0.2) is 0 Å². The molecule has 13 heavy (non-hydrogen) atoms. The average Bonchev–Trinajstić information content (AvgIpc) is 2.53. The van der Waals surface area contributed by atoms with Gasteiger partial charge in [0.05, 0.1) is 11.6 Å². The Hall–Kier alpha value is -1.12. The van der Waals surface area contributed by atoms with Gasteiger partial charge in [-0.3, -0.25) is 9.48 Å². The molecule has 0 saturated heterocycles. The number of nitrogens with zero attached hydrogens (tertiary/aromatic N) is 2. The fraction of sp³-hybridized carbons (Fsp3) is 0.600. The topological polar surface area (TPSA) is 34.9 Å². The number of hydrogen-bond acceptors (Lipinski definition) is 2. The lowest BCUT2D eigenvalue weighted by Gasteiger charge is -2.18. The fourth-order valence-corrected chi connectivity index (χ4v) is 1.91. The van der Waals surface area contributed by atoms with Crippen LogP contribution in [0.1, 0.15) is 37.3 Å². The van der Waals surface area contributed by atoms with E-state index in [-0.39, 0.29) is 5.92 Å². The summed E-state index contributed by atoms with van der Waals surface area (Å²) in [5.41, 5.74) is 0.951. The summed E-state index contributed by atoms with van der Waals surface area (Å²) in [7, 11) is 1.89. The minimum absolute atomic E-state index is 0.0787. The molecule has 0 bridgehead atoms. The third-order valence-electron chi connectivity index (χ3n) is 2.65. The van der Waals surface area contributed by atoms with Gasteiger partial charge in [0.2, 0.25) is 0 Å². The molecule has 0 aromatic carbocycles. The number of aryl methyl sites for hydroxylation is 1. The summed E-state index contributed by atoms with van der Waals surface area (Å²) in [6.07, 6.45) is 5.84. The van der Waals surface area contributed by atoms with E-state index in [1.807, 2.05) is 19.3 Å². The lowest BCUT2D eigenvalue weighted by molar-refractivity contribution is -0.121. The van der Waals surface area contributed by atoms with Gasteiger partial charge in [-0.2, -0.15) is 5.10 Å². The highest BCUT2D eigenvalue weighted by Gasteiger charge is 2.25. The van der Waals surface area contributed by atoms with Crippen molar-refractivity contribution in [3.05, 3.63) is 18.0 Å². The predicted molar refractivity (Wildman–Crippen MR) is 49.4 cm³/mol. The van der Waals surface area contributed by atoms with Gasteiger partial charge < -0.3 is 0 Å². The van der Waals surface area contributed by atoms with Crippen molar-refractivity contribution in [1.82, 2.24) is 9.78 Å². The monoisotopic (exact) mass is 178 g/mol. The predicted octanol–water partition coefficient (Wildman–Crippen LogP) is 1.65. The normalized spacial score (nSPS) is 23.5. The summed E-state index contributed by atoms with van der Waals surface area (Å²) in [5.74, 6) is 0.444. The Labute approximate surface area is 77.7 Å². The molecule has 1 aromatic rings. The zero-order valence-corrected chi connectivity index (χ0v) is 7.86. The van der Waals surface area contributed by atoms with Gasteiger partial charge >= 0.3 is 0 Å². The maximum Gasteiger partial charge on any atom is 0.141 e. The van der Waals surface area contributed by atoms with E-state index in [0.717, 1.165) is 31.4 Å². The van der Waals surface area contributed by atoms with E-state index in [1.165, 1.54) is 0 Å². The molecule has 0 N–H and O–H groups in total. The smallest absolute Gasteiger partial charge is 0.141 e. The molecule has 1 saturated carbocycles. The molecule has 3 nitrogen and oxygen atoms in total. The van der Waals surface area contributed by atoms with Crippen LogP contribution in [0, 0.1) is 0 Å². The molecule has 1 heterocycles. The van der Waals surface area contributed by atoms with Gasteiger partial charge in [0.25, 0.3) is 0 Å². The highest BCUT2D eigenvalue weighted by Crippen LogP contribution is 2.28. The molecule has 0 radical (unpaired) electrons. The minimum Gasteiger partial charge on any atom is -0.299 e. The Balaban J connectivity index is 2.19. The summed E-state index contributed by atoms with van der Waals surface area (Å²) >= 11 is 0. The van der Waals surface area contributed by atoms with E-state index >= 15 is 0 Å². The zero-order valence-electron chi connectivity index (χ0n) is 7.86.